The first-order valence-electron chi connectivity index (χ1n) is 5.61. The lowest BCUT2D eigenvalue weighted by molar-refractivity contribution is 0.402. The van der Waals surface area contributed by atoms with Gasteiger partial charge in [-0.25, -0.2) is 4.79 Å². The Labute approximate surface area is 103 Å². The molecule has 1 aromatic carbocycles. The van der Waals surface area contributed by atoms with E-state index < -0.39 is 0 Å². The van der Waals surface area contributed by atoms with Gasteiger partial charge in [-0.2, -0.15) is 0 Å². The number of rotatable bonds is 1. The molecule has 92 valence electrons. The van der Waals surface area contributed by atoms with Crippen LogP contribution >= 0.6 is 0 Å². The van der Waals surface area contributed by atoms with E-state index in [-0.39, 0.29) is 5.63 Å². The average molecular weight is 244 g/mol. The van der Waals surface area contributed by atoms with Crippen molar-refractivity contribution in [1.82, 2.24) is 0 Å². The van der Waals surface area contributed by atoms with Crippen molar-refractivity contribution >= 4 is 21.9 Å². The van der Waals surface area contributed by atoms with Gasteiger partial charge in [-0.3, -0.25) is 0 Å². The van der Waals surface area contributed by atoms with E-state index in [1.807, 2.05) is 13.0 Å². The Morgan fingerprint density at radius 1 is 1.11 bits per heavy atom. The van der Waals surface area contributed by atoms with Gasteiger partial charge in [0.1, 0.15) is 0 Å². The number of aryl methyl sites for hydroxylation is 2. The summed E-state index contributed by atoms with van der Waals surface area (Å²) in [5.41, 5.74) is 2.27. The molecule has 3 aromatic rings. The summed E-state index contributed by atoms with van der Waals surface area (Å²) in [6.07, 6.45) is 1.66. The highest BCUT2D eigenvalue weighted by molar-refractivity contribution is 6.01. The normalized spacial score (nSPS) is 11.3. The highest BCUT2D eigenvalue weighted by atomic mass is 16.5. The first-order valence-corrected chi connectivity index (χ1v) is 5.61. The van der Waals surface area contributed by atoms with E-state index in [9.17, 15) is 4.79 Å². The number of ether oxygens (including phenoxy) is 1. The van der Waals surface area contributed by atoms with Gasteiger partial charge in [0.25, 0.3) is 0 Å². The molecule has 2 heterocycles. The van der Waals surface area contributed by atoms with Gasteiger partial charge in [0.2, 0.25) is 5.75 Å². The van der Waals surface area contributed by atoms with E-state index >= 15 is 0 Å². The minimum absolute atomic E-state index is 0.358. The monoisotopic (exact) mass is 244 g/mol. The number of benzene rings is 1. The highest BCUT2D eigenvalue weighted by Crippen LogP contribution is 2.36. The molecule has 0 amide bonds. The summed E-state index contributed by atoms with van der Waals surface area (Å²) in [6, 6.07) is 3.75. The summed E-state index contributed by atoms with van der Waals surface area (Å²) in [4.78, 5) is 11.6. The second-order valence-electron chi connectivity index (χ2n) is 4.34. The molecular weight excluding hydrogens is 232 g/mol. The van der Waals surface area contributed by atoms with Crippen molar-refractivity contribution in [3.05, 3.63) is 39.9 Å². The Kier molecular flexibility index (Phi) is 2.20. The predicted octanol–water partition coefficient (Wildman–Crippen LogP) is 3.16. The number of fused-ring (bicyclic) bond motifs is 2. The molecule has 0 aliphatic heterocycles. The zero-order chi connectivity index (χ0) is 12.9. The van der Waals surface area contributed by atoms with Crippen molar-refractivity contribution < 1.29 is 13.6 Å². The Morgan fingerprint density at radius 2 is 1.89 bits per heavy atom. The highest BCUT2D eigenvalue weighted by Gasteiger charge is 2.16. The fourth-order valence-corrected chi connectivity index (χ4v) is 2.13. The first-order chi connectivity index (χ1) is 8.61. The lowest BCUT2D eigenvalue weighted by atomic mass is 10.1. The maximum Gasteiger partial charge on any atom is 0.339 e. The number of hydrogen-bond acceptors (Lipinski definition) is 4. The van der Waals surface area contributed by atoms with Gasteiger partial charge in [-0.1, -0.05) is 0 Å². The fraction of sp³-hybridized carbons (Fsp3) is 0.214. The van der Waals surface area contributed by atoms with E-state index in [4.69, 9.17) is 13.6 Å². The van der Waals surface area contributed by atoms with Gasteiger partial charge in [-0.05, 0) is 31.5 Å². The second kappa shape index (κ2) is 3.63. The lowest BCUT2D eigenvalue weighted by Gasteiger charge is -2.05. The van der Waals surface area contributed by atoms with Crippen LogP contribution in [-0.4, -0.2) is 7.11 Å². The van der Waals surface area contributed by atoms with Crippen LogP contribution < -0.4 is 10.4 Å². The molecule has 0 fully saturated rings. The second-order valence-corrected chi connectivity index (χ2v) is 4.34. The van der Waals surface area contributed by atoms with Gasteiger partial charge < -0.3 is 13.6 Å². The third kappa shape index (κ3) is 1.35. The largest absolute Gasteiger partial charge is 0.490 e. The Bertz CT molecular complexity index is 808. The number of methoxy groups -OCH3 is 1. The molecule has 0 unspecified atom stereocenters. The molecule has 0 bridgehead atoms. The molecular formula is C14H12O4. The van der Waals surface area contributed by atoms with E-state index in [2.05, 4.69) is 0 Å². The molecule has 0 N–H and O–H groups in total. The zero-order valence-electron chi connectivity index (χ0n) is 10.4. The standard InChI is InChI=1S/C14H12O4/c1-7-4-9-5-10-8(2)6-17-12(10)13(16-3)11(9)18-14(7)15/h4-6H,1-3H3. The molecule has 0 radical (unpaired) electrons. The summed E-state index contributed by atoms with van der Waals surface area (Å²) in [7, 11) is 1.53. The van der Waals surface area contributed by atoms with Crippen molar-refractivity contribution in [3.8, 4) is 5.75 Å². The van der Waals surface area contributed by atoms with Gasteiger partial charge >= 0.3 is 5.63 Å². The molecule has 0 spiro atoms. The van der Waals surface area contributed by atoms with Crippen molar-refractivity contribution in [2.45, 2.75) is 13.8 Å². The van der Waals surface area contributed by atoms with E-state index in [0.29, 0.717) is 22.5 Å². The minimum Gasteiger partial charge on any atom is -0.490 e. The summed E-state index contributed by atoms with van der Waals surface area (Å²) in [6.45, 7) is 3.69. The summed E-state index contributed by atoms with van der Waals surface area (Å²) in [5.74, 6) is 0.465. The van der Waals surface area contributed by atoms with Gasteiger partial charge in [0, 0.05) is 16.3 Å². The van der Waals surface area contributed by atoms with Crippen LogP contribution in [0.2, 0.25) is 0 Å². The summed E-state index contributed by atoms with van der Waals surface area (Å²) in [5, 5.41) is 1.80. The van der Waals surface area contributed by atoms with Crippen LogP contribution in [0.15, 0.2) is 32.0 Å². The maximum absolute atomic E-state index is 11.6. The molecule has 0 atom stereocenters. The summed E-state index contributed by atoms with van der Waals surface area (Å²) < 4.78 is 16.1. The molecule has 3 rings (SSSR count). The van der Waals surface area contributed by atoms with Crippen molar-refractivity contribution in [2.75, 3.05) is 7.11 Å². The number of furan rings is 1. The topological polar surface area (TPSA) is 52.6 Å². The van der Waals surface area contributed by atoms with Crippen molar-refractivity contribution in [1.29, 1.82) is 0 Å². The molecule has 4 nitrogen and oxygen atoms in total. The van der Waals surface area contributed by atoms with E-state index in [1.165, 1.54) is 7.11 Å². The van der Waals surface area contributed by atoms with Crippen LogP contribution in [0.3, 0.4) is 0 Å². The molecule has 0 aliphatic rings. The summed E-state index contributed by atoms with van der Waals surface area (Å²) >= 11 is 0. The number of hydrogen-bond donors (Lipinski definition) is 0. The van der Waals surface area contributed by atoms with Crippen molar-refractivity contribution in [2.24, 2.45) is 0 Å². The van der Waals surface area contributed by atoms with Gasteiger partial charge in [-0.15, -0.1) is 0 Å². The lowest BCUT2D eigenvalue weighted by Crippen LogP contribution is -2.02. The Hall–Kier alpha value is -2.23. The van der Waals surface area contributed by atoms with Crippen LogP contribution in [0.25, 0.3) is 21.9 Å². The quantitative estimate of drug-likeness (QED) is 0.617. The smallest absolute Gasteiger partial charge is 0.339 e. The molecule has 4 heteroatoms. The molecule has 0 saturated heterocycles. The third-order valence-electron chi connectivity index (χ3n) is 3.09. The van der Waals surface area contributed by atoms with Crippen LogP contribution in [0.4, 0.5) is 0 Å². The van der Waals surface area contributed by atoms with Crippen LogP contribution in [0.5, 0.6) is 5.75 Å². The fourth-order valence-electron chi connectivity index (χ4n) is 2.13. The van der Waals surface area contributed by atoms with Crippen LogP contribution in [-0.2, 0) is 0 Å². The van der Waals surface area contributed by atoms with Crippen LogP contribution in [0.1, 0.15) is 11.1 Å². The van der Waals surface area contributed by atoms with Gasteiger partial charge in [0.05, 0.1) is 13.4 Å². The predicted molar refractivity (Wildman–Crippen MR) is 68.3 cm³/mol. The van der Waals surface area contributed by atoms with Crippen LogP contribution in [0, 0.1) is 13.8 Å². The third-order valence-corrected chi connectivity index (χ3v) is 3.09. The van der Waals surface area contributed by atoms with E-state index in [1.54, 1.807) is 19.3 Å². The maximum atomic E-state index is 11.6. The van der Waals surface area contributed by atoms with E-state index in [0.717, 1.165) is 16.3 Å². The SMILES string of the molecule is COc1c2oc(=O)c(C)cc2cc2c(C)coc12. The molecule has 2 aromatic heterocycles. The molecule has 0 saturated carbocycles. The Balaban J connectivity index is 2.59. The van der Waals surface area contributed by atoms with Gasteiger partial charge in [0.15, 0.2) is 11.2 Å². The first kappa shape index (κ1) is 10.9. The van der Waals surface area contributed by atoms with Crippen molar-refractivity contribution in [3.63, 3.8) is 0 Å². The Morgan fingerprint density at radius 3 is 2.61 bits per heavy atom. The minimum atomic E-state index is -0.358. The zero-order valence-corrected chi connectivity index (χ0v) is 10.4. The average Bonchev–Trinajstić information content (AvgIpc) is 2.70. The molecule has 18 heavy (non-hydrogen) atoms. The molecule has 0 aliphatic carbocycles.